The Hall–Kier alpha value is -0.140. The van der Waals surface area contributed by atoms with Gasteiger partial charge in [0, 0.05) is 0 Å². The quantitative estimate of drug-likeness (QED) is 0.744. The highest BCUT2D eigenvalue weighted by Crippen LogP contribution is 2.33. The highest BCUT2D eigenvalue weighted by Gasteiger charge is 2.42. The van der Waals surface area contributed by atoms with Crippen molar-refractivity contribution in [2.75, 3.05) is 11.5 Å². The largest absolute Gasteiger partial charge is 0.229 e. The van der Waals surface area contributed by atoms with E-state index in [4.69, 9.17) is 5.14 Å². The third kappa shape index (κ3) is 2.70. The molecule has 0 aromatic rings. The summed E-state index contributed by atoms with van der Waals surface area (Å²) < 4.78 is 44.0. The van der Waals surface area contributed by atoms with Crippen LogP contribution in [0.1, 0.15) is 26.7 Å². The fourth-order valence-corrected chi connectivity index (χ4v) is 4.01. The van der Waals surface area contributed by atoms with Crippen molar-refractivity contribution in [3.05, 3.63) is 0 Å². The lowest BCUT2D eigenvalue weighted by Gasteiger charge is -2.34. The van der Waals surface area contributed by atoms with Crippen molar-refractivity contribution in [3.8, 4) is 0 Å². The second kappa shape index (κ2) is 3.71. The van der Waals surface area contributed by atoms with Crippen LogP contribution in [0.4, 0.5) is 0 Å². The summed E-state index contributed by atoms with van der Waals surface area (Å²) in [6.07, 6.45) is 0.761. The summed E-state index contributed by atoms with van der Waals surface area (Å²) in [5.41, 5.74) is 0. The molecule has 7 heteroatoms. The Morgan fingerprint density at radius 1 is 1.20 bits per heavy atom. The van der Waals surface area contributed by atoms with E-state index in [-0.39, 0.29) is 17.4 Å². The molecule has 1 fully saturated rings. The van der Waals surface area contributed by atoms with Crippen LogP contribution in [0.5, 0.6) is 0 Å². The zero-order chi connectivity index (χ0) is 11.9. The van der Waals surface area contributed by atoms with Gasteiger partial charge < -0.3 is 0 Å². The van der Waals surface area contributed by atoms with Crippen LogP contribution in [0, 0.1) is 5.92 Å². The SMILES string of the molecule is CC(C)(C1CCS(=O)(=O)CC1)S(N)(=O)=O. The second-order valence-electron chi connectivity index (χ2n) is 4.57. The third-order valence-corrected chi connectivity index (χ3v) is 6.79. The topological polar surface area (TPSA) is 94.3 Å². The minimum atomic E-state index is -3.63. The molecule has 90 valence electrons. The number of nitrogens with two attached hydrogens (primary N) is 1. The first-order valence-corrected chi connectivity index (χ1v) is 8.16. The molecule has 0 aromatic carbocycles. The van der Waals surface area contributed by atoms with Crippen molar-refractivity contribution in [2.24, 2.45) is 11.1 Å². The van der Waals surface area contributed by atoms with Crippen LogP contribution in [0.2, 0.25) is 0 Å². The molecule has 2 N–H and O–H groups in total. The van der Waals surface area contributed by atoms with Crippen LogP contribution < -0.4 is 5.14 Å². The zero-order valence-corrected chi connectivity index (χ0v) is 10.6. The Bertz CT molecular complexity index is 421. The monoisotopic (exact) mass is 255 g/mol. The minimum absolute atomic E-state index is 0.0661. The lowest BCUT2D eigenvalue weighted by atomic mass is 9.89. The summed E-state index contributed by atoms with van der Waals surface area (Å²) in [4.78, 5) is 0. The van der Waals surface area contributed by atoms with E-state index in [1.54, 1.807) is 13.8 Å². The Balaban J connectivity index is 2.86. The van der Waals surface area contributed by atoms with E-state index in [9.17, 15) is 16.8 Å². The average Bonchev–Trinajstić information content (AvgIpc) is 2.01. The van der Waals surface area contributed by atoms with Crippen molar-refractivity contribution < 1.29 is 16.8 Å². The van der Waals surface area contributed by atoms with Gasteiger partial charge in [-0.1, -0.05) is 0 Å². The molecule has 1 rings (SSSR count). The molecule has 1 saturated heterocycles. The Labute approximate surface area is 91.0 Å². The molecule has 1 aliphatic heterocycles. The molecule has 5 nitrogen and oxygen atoms in total. The van der Waals surface area contributed by atoms with E-state index in [1.807, 2.05) is 0 Å². The summed E-state index contributed by atoms with van der Waals surface area (Å²) in [6.45, 7) is 3.12. The fourth-order valence-electron chi connectivity index (χ4n) is 1.82. The predicted molar refractivity (Wildman–Crippen MR) is 58.6 cm³/mol. The smallest absolute Gasteiger partial charge is 0.214 e. The van der Waals surface area contributed by atoms with Gasteiger partial charge in [-0.15, -0.1) is 0 Å². The lowest BCUT2D eigenvalue weighted by Crippen LogP contribution is -2.47. The van der Waals surface area contributed by atoms with Gasteiger partial charge in [-0.05, 0) is 32.6 Å². The Morgan fingerprint density at radius 3 is 1.93 bits per heavy atom. The number of sulfone groups is 1. The van der Waals surface area contributed by atoms with Gasteiger partial charge in [0.1, 0.15) is 9.84 Å². The number of hydrogen-bond acceptors (Lipinski definition) is 4. The Morgan fingerprint density at radius 2 is 1.60 bits per heavy atom. The number of primary sulfonamides is 1. The van der Waals surface area contributed by atoms with Crippen molar-refractivity contribution in [3.63, 3.8) is 0 Å². The normalized spacial score (nSPS) is 23.9. The first-order chi connectivity index (χ1) is 6.56. The van der Waals surface area contributed by atoms with E-state index < -0.39 is 24.6 Å². The van der Waals surface area contributed by atoms with Gasteiger partial charge in [0.05, 0.1) is 16.3 Å². The molecular formula is C8H17NO4S2. The van der Waals surface area contributed by atoms with E-state index >= 15 is 0 Å². The highest BCUT2D eigenvalue weighted by molar-refractivity contribution is 7.91. The van der Waals surface area contributed by atoms with Crippen LogP contribution >= 0.6 is 0 Å². The molecule has 0 unspecified atom stereocenters. The molecule has 1 aliphatic rings. The molecular weight excluding hydrogens is 238 g/mol. The van der Waals surface area contributed by atoms with Crippen LogP contribution in [-0.4, -0.2) is 33.1 Å². The summed E-state index contributed by atoms with van der Waals surface area (Å²) in [5, 5.41) is 5.13. The van der Waals surface area contributed by atoms with E-state index in [0.29, 0.717) is 12.8 Å². The predicted octanol–water partition coefficient (Wildman–Crippen LogP) is -0.122. The van der Waals surface area contributed by atoms with E-state index in [1.165, 1.54) is 0 Å². The molecule has 0 aromatic heterocycles. The first-order valence-electron chi connectivity index (χ1n) is 4.79. The summed E-state index contributed by atoms with van der Waals surface area (Å²) >= 11 is 0. The van der Waals surface area contributed by atoms with Crippen LogP contribution in [0.15, 0.2) is 0 Å². The van der Waals surface area contributed by atoms with Crippen molar-refractivity contribution in [1.82, 2.24) is 0 Å². The number of hydrogen-bond donors (Lipinski definition) is 1. The average molecular weight is 255 g/mol. The maximum Gasteiger partial charge on any atom is 0.214 e. The highest BCUT2D eigenvalue weighted by atomic mass is 32.2. The fraction of sp³-hybridized carbons (Fsp3) is 1.00. The van der Waals surface area contributed by atoms with Gasteiger partial charge in [-0.25, -0.2) is 22.0 Å². The molecule has 15 heavy (non-hydrogen) atoms. The maximum atomic E-state index is 11.3. The van der Waals surface area contributed by atoms with E-state index in [2.05, 4.69) is 0 Å². The molecule has 0 amide bonds. The third-order valence-electron chi connectivity index (χ3n) is 3.27. The first kappa shape index (κ1) is 12.9. The molecule has 1 heterocycles. The molecule has 0 bridgehead atoms. The Kier molecular flexibility index (Phi) is 3.20. The minimum Gasteiger partial charge on any atom is -0.229 e. The molecule has 0 radical (unpaired) electrons. The van der Waals surface area contributed by atoms with Gasteiger partial charge in [0.25, 0.3) is 0 Å². The maximum absolute atomic E-state index is 11.3. The van der Waals surface area contributed by atoms with Crippen molar-refractivity contribution in [1.29, 1.82) is 0 Å². The second-order valence-corrected chi connectivity index (χ2v) is 9.02. The number of sulfonamides is 1. The number of rotatable bonds is 2. The van der Waals surface area contributed by atoms with Gasteiger partial charge in [0.2, 0.25) is 10.0 Å². The summed E-state index contributed by atoms with van der Waals surface area (Å²) in [6, 6.07) is 0. The molecule has 0 spiro atoms. The molecule has 0 atom stereocenters. The molecule has 0 saturated carbocycles. The zero-order valence-electron chi connectivity index (χ0n) is 8.93. The van der Waals surface area contributed by atoms with Crippen LogP contribution in [0.3, 0.4) is 0 Å². The van der Waals surface area contributed by atoms with Gasteiger partial charge >= 0.3 is 0 Å². The van der Waals surface area contributed by atoms with Crippen molar-refractivity contribution in [2.45, 2.75) is 31.4 Å². The van der Waals surface area contributed by atoms with Crippen molar-refractivity contribution >= 4 is 19.9 Å². The van der Waals surface area contributed by atoms with Crippen LogP contribution in [0.25, 0.3) is 0 Å². The summed E-state index contributed by atoms with van der Waals surface area (Å²) in [5.74, 6) is -0.0382. The van der Waals surface area contributed by atoms with Gasteiger partial charge in [-0.2, -0.15) is 0 Å². The standard InChI is InChI=1S/C8H17NO4S2/c1-8(2,15(9,12)13)7-3-5-14(10,11)6-4-7/h7H,3-6H2,1-2H3,(H2,9,12,13). The van der Waals surface area contributed by atoms with E-state index in [0.717, 1.165) is 0 Å². The lowest BCUT2D eigenvalue weighted by molar-refractivity contribution is 0.364. The summed E-state index contributed by atoms with van der Waals surface area (Å²) in [7, 11) is -6.59. The van der Waals surface area contributed by atoms with Gasteiger partial charge in [0.15, 0.2) is 0 Å². The molecule has 0 aliphatic carbocycles. The van der Waals surface area contributed by atoms with Crippen LogP contribution in [-0.2, 0) is 19.9 Å². The van der Waals surface area contributed by atoms with Gasteiger partial charge in [-0.3, -0.25) is 0 Å².